The van der Waals surface area contributed by atoms with Gasteiger partial charge in [-0.05, 0) is 40.2 Å². The van der Waals surface area contributed by atoms with Crippen molar-refractivity contribution >= 4 is 22.2 Å². The Balaban J connectivity index is 1.70. The van der Waals surface area contributed by atoms with Crippen LogP contribution in [0.3, 0.4) is 0 Å². The molecule has 102 valence electrons. The summed E-state index contributed by atoms with van der Waals surface area (Å²) in [6.45, 7) is 1.19. The summed E-state index contributed by atoms with van der Waals surface area (Å²) in [6.07, 6.45) is 0.815. The number of benzene rings is 2. The molecular weight excluding hydrogens is 320 g/mol. The van der Waals surface area contributed by atoms with E-state index in [1.165, 1.54) is 5.56 Å². The number of carbonyl (C=O) groups is 1. The summed E-state index contributed by atoms with van der Waals surface area (Å²) >= 11 is 3.41. The Morgan fingerprint density at radius 2 is 2.15 bits per heavy atom. The molecule has 0 N–H and O–H groups in total. The van der Waals surface area contributed by atoms with Gasteiger partial charge in [-0.15, -0.1) is 0 Å². The van der Waals surface area contributed by atoms with Crippen LogP contribution in [0.25, 0.3) is 0 Å². The van der Waals surface area contributed by atoms with E-state index in [2.05, 4.69) is 22.0 Å². The van der Waals surface area contributed by atoms with Crippen molar-refractivity contribution in [1.29, 1.82) is 0 Å². The van der Waals surface area contributed by atoms with E-state index in [0.717, 1.165) is 22.3 Å². The van der Waals surface area contributed by atoms with Gasteiger partial charge < -0.3 is 9.47 Å². The molecule has 3 rings (SSSR count). The number of ether oxygens (including phenoxy) is 2. The van der Waals surface area contributed by atoms with Crippen LogP contribution in [0.5, 0.6) is 11.5 Å². The first kappa shape index (κ1) is 13.2. The molecule has 0 saturated carbocycles. The Hall–Kier alpha value is -1.81. The Morgan fingerprint density at radius 3 is 2.95 bits per heavy atom. The fourth-order valence-electron chi connectivity index (χ4n) is 2.27. The fourth-order valence-corrected chi connectivity index (χ4v) is 2.78. The predicted molar refractivity (Wildman–Crippen MR) is 79.7 cm³/mol. The van der Waals surface area contributed by atoms with Gasteiger partial charge in [0.15, 0.2) is 0 Å². The maximum atomic E-state index is 10.7. The van der Waals surface area contributed by atoms with Gasteiger partial charge in [0.25, 0.3) is 0 Å². The average molecular weight is 333 g/mol. The van der Waals surface area contributed by atoms with E-state index >= 15 is 0 Å². The maximum Gasteiger partial charge on any atom is 0.150 e. The molecule has 0 fully saturated rings. The van der Waals surface area contributed by atoms with Crippen molar-refractivity contribution in [3.8, 4) is 11.5 Å². The van der Waals surface area contributed by atoms with Gasteiger partial charge in [-0.3, -0.25) is 4.79 Å². The summed E-state index contributed by atoms with van der Waals surface area (Å²) in [4.78, 5) is 10.7. The topological polar surface area (TPSA) is 35.5 Å². The van der Waals surface area contributed by atoms with Gasteiger partial charge in [0.2, 0.25) is 0 Å². The molecule has 0 spiro atoms. The first-order chi connectivity index (χ1) is 9.78. The lowest BCUT2D eigenvalue weighted by molar-refractivity contribution is 0.112. The first-order valence-corrected chi connectivity index (χ1v) is 7.16. The predicted octanol–water partition coefficient (Wildman–Crippen LogP) is 3.82. The zero-order valence-electron chi connectivity index (χ0n) is 10.7. The molecule has 3 nitrogen and oxygen atoms in total. The minimum atomic E-state index is 0.240. The van der Waals surface area contributed by atoms with Crippen LogP contribution in [-0.2, 0) is 0 Å². The normalized spacial score (nSPS) is 16.4. The van der Waals surface area contributed by atoms with Crippen LogP contribution in [0, 0.1) is 0 Å². The largest absolute Gasteiger partial charge is 0.493 e. The van der Waals surface area contributed by atoms with E-state index in [9.17, 15) is 4.79 Å². The van der Waals surface area contributed by atoms with Crippen LogP contribution in [0.1, 0.15) is 21.8 Å². The third kappa shape index (κ3) is 2.56. The number of rotatable bonds is 4. The lowest BCUT2D eigenvalue weighted by atomic mass is 10.0. The molecule has 20 heavy (non-hydrogen) atoms. The van der Waals surface area contributed by atoms with Gasteiger partial charge >= 0.3 is 0 Å². The molecule has 0 aliphatic carbocycles. The number of carbonyl (C=O) groups excluding carboxylic acids is 1. The molecule has 1 unspecified atom stereocenters. The smallest absolute Gasteiger partial charge is 0.150 e. The lowest BCUT2D eigenvalue weighted by Crippen LogP contribution is -2.11. The molecule has 1 aliphatic rings. The van der Waals surface area contributed by atoms with Gasteiger partial charge in [0.1, 0.15) is 17.8 Å². The standard InChI is InChI=1S/C16H13BrO3/c17-14-7-11(8-18)5-6-16(14)20-10-12-9-19-15-4-2-1-3-13(12)15/h1-8,12H,9-10H2. The van der Waals surface area contributed by atoms with E-state index in [1.807, 2.05) is 18.2 Å². The highest BCUT2D eigenvalue weighted by atomic mass is 79.9. The second-order valence-electron chi connectivity index (χ2n) is 4.66. The van der Waals surface area contributed by atoms with Crippen LogP contribution in [0.2, 0.25) is 0 Å². The van der Waals surface area contributed by atoms with Gasteiger partial charge in [-0.25, -0.2) is 0 Å². The monoisotopic (exact) mass is 332 g/mol. The van der Waals surface area contributed by atoms with Crippen LogP contribution in [0.4, 0.5) is 0 Å². The van der Waals surface area contributed by atoms with Crippen molar-refractivity contribution in [2.24, 2.45) is 0 Å². The van der Waals surface area contributed by atoms with E-state index in [1.54, 1.807) is 18.2 Å². The minimum absolute atomic E-state index is 0.240. The summed E-state index contributed by atoms with van der Waals surface area (Å²) in [5.41, 5.74) is 1.81. The van der Waals surface area contributed by atoms with Crippen molar-refractivity contribution in [3.05, 3.63) is 58.1 Å². The minimum Gasteiger partial charge on any atom is -0.493 e. The average Bonchev–Trinajstić information content (AvgIpc) is 2.89. The summed E-state index contributed by atoms with van der Waals surface area (Å²) in [7, 11) is 0. The van der Waals surface area contributed by atoms with Crippen LogP contribution >= 0.6 is 15.9 Å². The highest BCUT2D eigenvalue weighted by Crippen LogP contribution is 2.34. The Morgan fingerprint density at radius 1 is 1.30 bits per heavy atom. The van der Waals surface area contributed by atoms with E-state index in [0.29, 0.717) is 18.8 Å². The van der Waals surface area contributed by atoms with E-state index < -0.39 is 0 Å². The second-order valence-corrected chi connectivity index (χ2v) is 5.52. The molecule has 1 aliphatic heterocycles. The van der Waals surface area contributed by atoms with Gasteiger partial charge in [0, 0.05) is 11.1 Å². The zero-order chi connectivity index (χ0) is 13.9. The summed E-state index contributed by atoms with van der Waals surface area (Å²) in [5.74, 6) is 1.92. The maximum absolute atomic E-state index is 10.7. The van der Waals surface area contributed by atoms with Crippen LogP contribution in [0.15, 0.2) is 46.9 Å². The molecule has 0 radical (unpaired) electrons. The Bertz CT molecular complexity index is 639. The lowest BCUT2D eigenvalue weighted by Gasteiger charge is -2.12. The van der Waals surface area contributed by atoms with Crippen molar-refractivity contribution in [1.82, 2.24) is 0 Å². The van der Waals surface area contributed by atoms with Crippen LogP contribution in [-0.4, -0.2) is 19.5 Å². The third-order valence-electron chi connectivity index (χ3n) is 3.33. The van der Waals surface area contributed by atoms with Crippen molar-refractivity contribution in [3.63, 3.8) is 0 Å². The summed E-state index contributed by atoms with van der Waals surface area (Å²) < 4.78 is 12.2. The summed E-state index contributed by atoms with van der Waals surface area (Å²) in [6, 6.07) is 13.3. The number of hydrogen-bond donors (Lipinski definition) is 0. The Labute approximate surface area is 125 Å². The number of halogens is 1. The third-order valence-corrected chi connectivity index (χ3v) is 3.95. The van der Waals surface area contributed by atoms with Crippen molar-refractivity contribution < 1.29 is 14.3 Å². The first-order valence-electron chi connectivity index (χ1n) is 6.37. The van der Waals surface area contributed by atoms with Crippen molar-refractivity contribution in [2.45, 2.75) is 5.92 Å². The van der Waals surface area contributed by atoms with Crippen molar-refractivity contribution in [2.75, 3.05) is 13.2 Å². The fraction of sp³-hybridized carbons (Fsp3) is 0.188. The molecule has 1 atom stereocenters. The highest BCUT2D eigenvalue weighted by molar-refractivity contribution is 9.10. The number of para-hydroxylation sites is 1. The molecule has 0 bridgehead atoms. The highest BCUT2D eigenvalue weighted by Gasteiger charge is 2.24. The number of fused-ring (bicyclic) bond motifs is 1. The zero-order valence-corrected chi connectivity index (χ0v) is 12.3. The molecule has 2 aromatic carbocycles. The Kier molecular flexibility index (Phi) is 3.74. The molecule has 1 heterocycles. The number of aldehydes is 1. The molecule has 0 amide bonds. The molecule has 4 heteroatoms. The molecule has 0 saturated heterocycles. The number of hydrogen-bond acceptors (Lipinski definition) is 3. The van der Waals surface area contributed by atoms with E-state index in [-0.39, 0.29) is 5.92 Å². The molecular formula is C16H13BrO3. The SMILES string of the molecule is O=Cc1ccc(OCC2COc3ccccc32)c(Br)c1. The van der Waals surface area contributed by atoms with Gasteiger partial charge in [-0.2, -0.15) is 0 Å². The van der Waals surface area contributed by atoms with Crippen LogP contribution < -0.4 is 9.47 Å². The molecule has 2 aromatic rings. The van der Waals surface area contributed by atoms with E-state index in [4.69, 9.17) is 9.47 Å². The molecule has 0 aromatic heterocycles. The van der Waals surface area contributed by atoms with Gasteiger partial charge in [0.05, 0.1) is 23.6 Å². The second kappa shape index (κ2) is 5.67. The quantitative estimate of drug-likeness (QED) is 0.798. The van der Waals surface area contributed by atoms with Gasteiger partial charge in [-0.1, -0.05) is 18.2 Å². The summed E-state index contributed by atoms with van der Waals surface area (Å²) in [5, 5.41) is 0.